The third kappa shape index (κ3) is 3.86. The Balaban J connectivity index is 2.37. The number of hydrogen-bond donors (Lipinski definition) is 1. The molecule has 0 amide bonds. The third-order valence-electron chi connectivity index (χ3n) is 3.73. The van der Waals surface area contributed by atoms with Crippen LogP contribution in [0.1, 0.15) is 43.4 Å². The topological polar surface area (TPSA) is 35.2 Å². The van der Waals surface area contributed by atoms with Crippen LogP contribution < -0.4 is 10.5 Å². The molecule has 0 radical (unpaired) electrons. The summed E-state index contributed by atoms with van der Waals surface area (Å²) in [5, 5.41) is 0. The van der Waals surface area contributed by atoms with Crippen LogP contribution >= 0.6 is 15.9 Å². The summed E-state index contributed by atoms with van der Waals surface area (Å²) in [6.45, 7) is 4.81. The van der Waals surface area contributed by atoms with Crippen molar-refractivity contribution in [1.82, 2.24) is 0 Å². The van der Waals surface area contributed by atoms with E-state index >= 15 is 0 Å². The summed E-state index contributed by atoms with van der Waals surface area (Å²) in [6.07, 6.45) is 0.989. The molecule has 2 N–H and O–H groups in total. The average molecular weight is 348 g/mol. The van der Waals surface area contributed by atoms with Crippen molar-refractivity contribution in [2.75, 3.05) is 6.61 Å². The van der Waals surface area contributed by atoms with Gasteiger partial charge in [0.2, 0.25) is 0 Å². The largest absolute Gasteiger partial charge is 0.494 e. The third-order valence-corrected chi connectivity index (χ3v) is 4.23. The van der Waals surface area contributed by atoms with Gasteiger partial charge in [-0.2, -0.15) is 0 Å². The molecule has 0 aliphatic rings. The van der Waals surface area contributed by atoms with Crippen molar-refractivity contribution in [3.63, 3.8) is 0 Å². The lowest BCUT2D eigenvalue weighted by molar-refractivity contribution is 0.331. The highest BCUT2D eigenvalue weighted by atomic mass is 79.9. The van der Waals surface area contributed by atoms with Crippen molar-refractivity contribution in [2.45, 2.75) is 32.2 Å². The van der Waals surface area contributed by atoms with Gasteiger partial charge in [0.1, 0.15) is 5.75 Å². The van der Waals surface area contributed by atoms with Gasteiger partial charge in [0.15, 0.2) is 0 Å². The molecule has 2 aromatic carbocycles. The second-order valence-electron chi connectivity index (χ2n) is 5.07. The SMILES string of the molecule is CCOc1ccc(Br)cc1C(N)C(CC)c1ccccc1. The number of benzene rings is 2. The van der Waals surface area contributed by atoms with Crippen LogP contribution in [0.15, 0.2) is 53.0 Å². The fraction of sp³-hybridized carbons (Fsp3) is 0.333. The molecule has 0 heterocycles. The van der Waals surface area contributed by atoms with Gasteiger partial charge in [-0.1, -0.05) is 53.2 Å². The van der Waals surface area contributed by atoms with Crippen LogP contribution in [0, 0.1) is 0 Å². The Labute approximate surface area is 135 Å². The second kappa shape index (κ2) is 7.62. The predicted octanol–water partition coefficient (Wildman–Crippen LogP) is 5.04. The normalized spacial score (nSPS) is 13.7. The van der Waals surface area contributed by atoms with Crippen LogP contribution in [0.5, 0.6) is 5.75 Å². The Morgan fingerprint density at radius 1 is 1.10 bits per heavy atom. The lowest BCUT2D eigenvalue weighted by atomic mass is 9.85. The number of ether oxygens (including phenoxy) is 1. The van der Waals surface area contributed by atoms with Crippen molar-refractivity contribution >= 4 is 15.9 Å². The van der Waals surface area contributed by atoms with Gasteiger partial charge in [0.25, 0.3) is 0 Å². The van der Waals surface area contributed by atoms with Crippen LogP contribution in [-0.2, 0) is 0 Å². The highest BCUT2D eigenvalue weighted by Gasteiger charge is 2.22. The minimum Gasteiger partial charge on any atom is -0.494 e. The summed E-state index contributed by atoms with van der Waals surface area (Å²) >= 11 is 3.53. The van der Waals surface area contributed by atoms with Gasteiger partial charge in [0, 0.05) is 22.0 Å². The van der Waals surface area contributed by atoms with Gasteiger partial charge in [-0.15, -0.1) is 0 Å². The van der Waals surface area contributed by atoms with Crippen molar-refractivity contribution in [3.8, 4) is 5.75 Å². The molecule has 0 saturated heterocycles. The quantitative estimate of drug-likeness (QED) is 0.794. The molecule has 112 valence electrons. The molecule has 0 aliphatic heterocycles. The standard InChI is InChI=1S/C18H22BrNO/c1-3-15(13-8-6-5-7-9-13)18(20)16-12-14(19)10-11-17(16)21-4-2/h5-12,15,18H,3-4,20H2,1-2H3. The molecule has 0 saturated carbocycles. The molecule has 0 aliphatic carbocycles. The number of rotatable bonds is 6. The molecule has 0 bridgehead atoms. The van der Waals surface area contributed by atoms with Crippen molar-refractivity contribution in [2.24, 2.45) is 5.73 Å². The molecule has 0 spiro atoms. The Kier molecular flexibility index (Phi) is 5.83. The zero-order chi connectivity index (χ0) is 15.2. The maximum Gasteiger partial charge on any atom is 0.124 e. The molecule has 2 rings (SSSR count). The van der Waals surface area contributed by atoms with Crippen LogP contribution in [0.3, 0.4) is 0 Å². The fourth-order valence-corrected chi connectivity index (χ4v) is 3.06. The van der Waals surface area contributed by atoms with E-state index in [1.807, 2.05) is 25.1 Å². The van der Waals surface area contributed by atoms with Gasteiger partial charge in [-0.25, -0.2) is 0 Å². The van der Waals surface area contributed by atoms with E-state index in [9.17, 15) is 0 Å². The average Bonchev–Trinajstić information content (AvgIpc) is 2.51. The summed E-state index contributed by atoms with van der Waals surface area (Å²) in [4.78, 5) is 0. The molecular formula is C18H22BrNO. The fourth-order valence-electron chi connectivity index (χ4n) is 2.68. The molecule has 2 atom stereocenters. The van der Waals surface area contributed by atoms with Crippen molar-refractivity contribution in [3.05, 3.63) is 64.1 Å². The highest BCUT2D eigenvalue weighted by molar-refractivity contribution is 9.10. The van der Waals surface area contributed by atoms with Crippen molar-refractivity contribution < 1.29 is 4.74 Å². The Morgan fingerprint density at radius 2 is 1.81 bits per heavy atom. The van der Waals surface area contributed by atoms with E-state index in [2.05, 4.69) is 53.2 Å². The van der Waals surface area contributed by atoms with Crippen LogP contribution in [0.4, 0.5) is 0 Å². The molecule has 21 heavy (non-hydrogen) atoms. The minimum atomic E-state index is -0.0866. The number of halogens is 1. The molecular weight excluding hydrogens is 326 g/mol. The van der Waals surface area contributed by atoms with E-state index in [0.29, 0.717) is 6.61 Å². The Morgan fingerprint density at radius 3 is 2.43 bits per heavy atom. The monoisotopic (exact) mass is 347 g/mol. The number of hydrogen-bond acceptors (Lipinski definition) is 2. The molecule has 0 fully saturated rings. The summed E-state index contributed by atoms with van der Waals surface area (Å²) in [5.41, 5.74) is 8.91. The minimum absolute atomic E-state index is 0.0866. The zero-order valence-electron chi connectivity index (χ0n) is 12.6. The van der Waals surface area contributed by atoms with E-state index in [-0.39, 0.29) is 12.0 Å². The van der Waals surface area contributed by atoms with E-state index in [1.54, 1.807) is 0 Å². The van der Waals surface area contributed by atoms with Crippen LogP contribution in [0.2, 0.25) is 0 Å². The number of nitrogens with two attached hydrogens (primary N) is 1. The molecule has 0 aromatic heterocycles. The first-order valence-electron chi connectivity index (χ1n) is 7.40. The van der Waals surface area contributed by atoms with E-state index < -0.39 is 0 Å². The van der Waals surface area contributed by atoms with Crippen molar-refractivity contribution in [1.29, 1.82) is 0 Å². The van der Waals surface area contributed by atoms with Gasteiger partial charge >= 0.3 is 0 Å². The van der Waals surface area contributed by atoms with E-state index in [0.717, 1.165) is 22.2 Å². The molecule has 2 unspecified atom stereocenters. The first-order chi connectivity index (χ1) is 10.2. The lowest BCUT2D eigenvalue weighted by Crippen LogP contribution is -2.20. The van der Waals surface area contributed by atoms with Crippen LogP contribution in [0.25, 0.3) is 0 Å². The first kappa shape index (κ1) is 16.1. The van der Waals surface area contributed by atoms with E-state index in [1.165, 1.54) is 5.56 Å². The lowest BCUT2D eigenvalue weighted by Gasteiger charge is -2.25. The first-order valence-corrected chi connectivity index (χ1v) is 8.19. The Bertz CT molecular complexity index is 571. The van der Waals surface area contributed by atoms with Gasteiger partial charge in [0.05, 0.1) is 6.61 Å². The van der Waals surface area contributed by atoms with Crippen LogP contribution in [-0.4, -0.2) is 6.61 Å². The molecule has 3 heteroatoms. The van der Waals surface area contributed by atoms with Gasteiger partial charge in [-0.3, -0.25) is 0 Å². The smallest absolute Gasteiger partial charge is 0.124 e. The molecule has 2 aromatic rings. The maximum absolute atomic E-state index is 6.58. The van der Waals surface area contributed by atoms with Gasteiger partial charge in [-0.05, 0) is 37.1 Å². The zero-order valence-corrected chi connectivity index (χ0v) is 14.1. The summed E-state index contributed by atoms with van der Waals surface area (Å²) in [7, 11) is 0. The summed E-state index contributed by atoms with van der Waals surface area (Å²) in [5.74, 6) is 1.15. The maximum atomic E-state index is 6.58. The van der Waals surface area contributed by atoms with E-state index in [4.69, 9.17) is 10.5 Å². The molecule has 2 nitrogen and oxygen atoms in total. The highest BCUT2D eigenvalue weighted by Crippen LogP contribution is 2.37. The summed E-state index contributed by atoms with van der Waals surface area (Å²) < 4.78 is 6.77. The second-order valence-corrected chi connectivity index (χ2v) is 5.98. The predicted molar refractivity (Wildman–Crippen MR) is 91.7 cm³/mol. The van der Waals surface area contributed by atoms with Gasteiger partial charge < -0.3 is 10.5 Å². The summed E-state index contributed by atoms with van der Waals surface area (Å²) in [6, 6.07) is 16.4. The Hall–Kier alpha value is -1.32.